The Hall–Kier alpha value is -1.02. The van der Waals surface area contributed by atoms with Crippen molar-refractivity contribution in [3.8, 4) is 0 Å². The van der Waals surface area contributed by atoms with Crippen LogP contribution in [-0.2, 0) is 0 Å². The lowest BCUT2D eigenvalue weighted by molar-refractivity contribution is 1.32. The average Bonchev–Trinajstić information content (AvgIpc) is 2.34. The fourth-order valence-corrected chi connectivity index (χ4v) is 1.13. The van der Waals surface area contributed by atoms with Crippen molar-refractivity contribution < 1.29 is 0 Å². The third-order valence-electron chi connectivity index (χ3n) is 1.41. The molecule has 2 heterocycles. The van der Waals surface area contributed by atoms with Crippen LogP contribution in [0, 0.1) is 0 Å². The van der Waals surface area contributed by atoms with Crippen LogP contribution in [0.2, 0.25) is 0 Å². The fourth-order valence-electron chi connectivity index (χ4n) is 0.934. The SMILES string of the molecule is Cln1ccc2ncccc21. The molecule has 3 heteroatoms. The van der Waals surface area contributed by atoms with Crippen molar-refractivity contribution in [2.75, 3.05) is 0 Å². The Bertz CT molecular complexity index is 353. The maximum Gasteiger partial charge on any atom is 0.0894 e. The monoisotopic (exact) mass is 152 g/mol. The van der Waals surface area contributed by atoms with Crippen molar-refractivity contribution in [3.05, 3.63) is 30.6 Å². The normalized spacial score (nSPS) is 10.5. The van der Waals surface area contributed by atoms with E-state index in [4.69, 9.17) is 11.8 Å². The molecule has 2 aromatic rings. The largest absolute Gasteiger partial charge is 0.259 e. The summed E-state index contributed by atoms with van der Waals surface area (Å²) in [5.74, 6) is 0. The minimum Gasteiger partial charge on any atom is -0.259 e. The summed E-state index contributed by atoms with van der Waals surface area (Å²) in [7, 11) is 0. The van der Waals surface area contributed by atoms with Gasteiger partial charge in [-0.05, 0) is 18.2 Å². The van der Waals surface area contributed by atoms with Crippen LogP contribution in [0.15, 0.2) is 30.6 Å². The predicted octanol–water partition coefficient (Wildman–Crippen LogP) is 2.04. The van der Waals surface area contributed by atoms with Crippen LogP contribution in [0.5, 0.6) is 0 Å². The molecule has 0 bridgehead atoms. The molecular formula is C7H5ClN2. The standard InChI is InChI=1S/C7H5ClN2/c8-10-5-3-6-7(10)2-1-4-9-6/h1-5H. The summed E-state index contributed by atoms with van der Waals surface area (Å²) < 4.78 is 1.53. The minimum atomic E-state index is 0.928. The maximum absolute atomic E-state index is 5.75. The molecule has 0 unspecified atom stereocenters. The Labute approximate surface area is 63.2 Å². The van der Waals surface area contributed by atoms with Gasteiger partial charge in [0.05, 0.1) is 11.0 Å². The highest BCUT2D eigenvalue weighted by atomic mass is 35.5. The van der Waals surface area contributed by atoms with Crippen molar-refractivity contribution in [1.29, 1.82) is 0 Å². The van der Waals surface area contributed by atoms with Crippen molar-refractivity contribution >= 4 is 22.8 Å². The van der Waals surface area contributed by atoms with E-state index in [2.05, 4.69) is 4.98 Å². The van der Waals surface area contributed by atoms with Crippen LogP contribution >= 0.6 is 11.8 Å². The summed E-state index contributed by atoms with van der Waals surface area (Å²) in [6.07, 6.45) is 3.53. The first kappa shape index (κ1) is 5.74. The zero-order valence-electron chi connectivity index (χ0n) is 5.16. The van der Waals surface area contributed by atoms with E-state index in [1.807, 2.05) is 18.2 Å². The molecule has 0 saturated heterocycles. The molecule has 2 nitrogen and oxygen atoms in total. The number of aromatic nitrogens is 2. The van der Waals surface area contributed by atoms with E-state index in [1.54, 1.807) is 12.4 Å². The Balaban J connectivity index is 2.93. The molecule has 0 saturated carbocycles. The third-order valence-corrected chi connectivity index (χ3v) is 1.70. The summed E-state index contributed by atoms with van der Waals surface area (Å²) in [5, 5.41) is 0. The topological polar surface area (TPSA) is 17.8 Å². The summed E-state index contributed by atoms with van der Waals surface area (Å²) >= 11 is 5.75. The van der Waals surface area contributed by atoms with Crippen LogP contribution in [0.4, 0.5) is 0 Å². The maximum atomic E-state index is 5.75. The first-order valence-electron chi connectivity index (χ1n) is 2.96. The second kappa shape index (κ2) is 1.99. The molecule has 0 aliphatic heterocycles. The van der Waals surface area contributed by atoms with E-state index in [-0.39, 0.29) is 0 Å². The van der Waals surface area contributed by atoms with Crippen LogP contribution in [0.1, 0.15) is 0 Å². The van der Waals surface area contributed by atoms with E-state index in [0.717, 1.165) is 11.0 Å². The highest BCUT2D eigenvalue weighted by Crippen LogP contribution is 2.12. The van der Waals surface area contributed by atoms with Crippen molar-refractivity contribution in [3.63, 3.8) is 0 Å². The van der Waals surface area contributed by atoms with Gasteiger partial charge in [-0.2, -0.15) is 0 Å². The molecule has 50 valence electrons. The van der Waals surface area contributed by atoms with Crippen LogP contribution < -0.4 is 0 Å². The minimum absolute atomic E-state index is 0.928. The van der Waals surface area contributed by atoms with Gasteiger partial charge in [0.1, 0.15) is 0 Å². The lowest BCUT2D eigenvalue weighted by atomic mass is 10.4. The highest BCUT2D eigenvalue weighted by Gasteiger charge is 1.95. The number of hydrogen-bond donors (Lipinski definition) is 0. The first-order chi connectivity index (χ1) is 4.88. The van der Waals surface area contributed by atoms with Gasteiger partial charge in [0, 0.05) is 24.2 Å². The van der Waals surface area contributed by atoms with Gasteiger partial charge >= 0.3 is 0 Å². The second-order valence-corrected chi connectivity index (χ2v) is 2.40. The van der Waals surface area contributed by atoms with E-state index < -0.39 is 0 Å². The van der Waals surface area contributed by atoms with Gasteiger partial charge in [-0.3, -0.25) is 9.07 Å². The van der Waals surface area contributed by atoms with Gasteiger partial charge in [0.2, 0.25) is 0 Å². The van der Waals surface area contributed by atoms with Gasteiger partial charge in [-0.1, -0.05) is 0 Å². The van der Waals surface area contributed by atoms with Gasteiger partial charge in [0.25, 0.3) is 0 Å². The molecule has 0 aromatic carbocycles. The van der Waals surface area contributed by atoms with E-state index in [9.17, 15) is 0 Å². The summed E-state index contributed by atoms with van der Waals surface area (Å²) in [6.45, 7) is 0. The number of fused-ring (bicyclic) bond motifs is 1. The molecule has 0 aliphatic carbocycles. The number of hydrogen-bond acceptors (Lipinski definition) is 1. The average molecular weight is 153 g/mol. The summed E-state index contributed by atoms with van der Waals surface area (Å²) in [4.78, 5) is 4.10. The van der Waals surface area contributed by atoms with Gasteiger partial charge in [0.15, 0.2) is 0 Å². The quantitative estimate of drug-likeness (QED) is 0.565. The lowest BCUT2D eigenvalue weighted by Crippen LogP contribution is -1.75. The highest BCUT2D eigenvalue weighted by molar-refractivity contribution is 6.18. The molecule has 10 heavy (non-hydrogen) atoms. The molecule has 0 spiro atoms. The predicted molar refractivity (Wildman–Crippen MR) is 41.0 cm³/mol. The summed E-state index contributed by atoms with van der Waals surface area (Å²) in [5.41, 5.74) is 1.88. The van der Waals surface area contributed by atoms with Crippen LogP contribution in [-0.4, -0.2) is 9.07 Å². The Kier molecular flexibility index (Phi) is 1.14. The first-order valence-corrected chi connectivity index (χ1v) is 3.30. The van der Waals surface area contributed by atoms with Crippen molar-refractivity contribution in [2.45, 2.75) is 0 Å². The fraction of sp³-hybridized carbons (Fsp3) is 0. The van der Waals surface area contributed by atoms with Gasteiger partial charge < -0.3 is 0 Å². The number of halogens is 1. The molecule has 2 rings (SSSR count). The third kappa shape index (κ3) is 0.693. The Morgan fingerprint density at radius 3 is 3.10 bits per heavy atom. The van der Waals surface area contributed by atoms with Gasteiger partial charge in [-0.15, -0.1) is 0 Å². The Morgan fingerprint density at radius 1 is 1.40 bits per heavy atom. The Morgan fingerprint density at radius 2 is 2.30 bits per heavy atom. The molecule has 0 amide bonds. The van der Waals surface area contributed by atoms with Crippen LogP contribution in [0.25, 0.3) is 11.0 Å². The molecule has 0 radical (unpaired) electrons. The molecular weight excluding hydrogens is 148 g/mol. The summed E-state index contributed by atoms with van der Waals surface area (Å²) in [6, 6.07) is 5.67. The van der Waals surface area contributed by atoms with Crippen molar-refractivity contribution in [2.24, 2.45) is 0 Å². The molecule has 0 atom stereocenters. The lowest BCUT2D eigenvalue weighted by Gasteiger charge is -1.88. The molecule has 0 aliphatic rings. The second-order valence-electron chi connectivity index (χ2n) is 2.03. The van der Waals surface area contributed by atoms with E-state index in [0.29, 0.717) is 0 Å². The smallest absolute Gasteiger partial charge is 0.0894 e. The molecule has 0 N–H and O–H groups in total. The van der Waals surface area contributed by atoms with Crippen LogP contribution in [0.3, 0.4) is 0 Å². The van der Waals surface area contributed by atoms with Gasteiger partial charge in [-0.25, -0.2) is 0 Å². The zero-order valence-corrected chi connectivity index (χ0v) is 5.92. The molecule has 0 fully saturated rings. The van der Waals surface area contributed by atoms with E-state index >= 15 is 0 Å². The zero-order chi connectivity index (χ0) is 6.97. The molecule has 2 aromatic heterocycles. The number of nitrogens with zero attached hydrogens (tertiary/aromatic N) is 2. The number of rotatable bonds is 0. The number of pyridine rings is 1. The van der Waals surface area contributed by atoms with E-state index in [1.165, 1.54) is 4.09 Å². The van der Waals surface area contributed by atoms with Crippen molar-refractivity contribution in [1.82, 2.24) is 9.07 Å².